The maximum Gasteiger partial charge on any atom is 0.315 e. The lowest BCUT2D eigenvalue weighted by molar-refractivity contribution is -0.158. The monoisotopic (exact) mass is 462 g/mol. The number of carbonyl (C=O) groups excluding carboxylic acids is 3. The second-order valence-corrected chi connectivity index (χ2v) is 9.18. The summed E-state index contributed by atoms with van der Waals surface area (Å²) in [6.45, 7) is 0. The van der Waals surface area contributed by atoms with Crippen LogP contribution in [-0.4, -0.2) is 69.1 Å². The number of rotatable bonds is 7. The lowest BCUT2D eigenvalue weighted by atomic mass is 9.77. The van der Waals surface area contributed by atoms with Crippen LogP contribution in [0.5, 0.6) is 0 Å². The van der Waals surface area contributed by atoms with Crippen LogP contribution in [0.2, 0.25) is 0 Å². The summed E-state index contributed by atoms with van der Waals surface area (Å²) in [6, 6.07) is 6.32. The first-order valence-electron chi connectivity index (χ1n) is 11.5. The molecule has 10 heteroatoms. The van der Waals surface area contributed by atoms with Gasteiger partial charge >= 0.3 is 6.03 Å². The molecule has 0 heterocycles. The van der Waals surface area contributed by atoms with Gasteiger partial charge in [0.05, 0.1) is 12.1 Å². The fourth-order valence-corrected chi connectivity index (χ4v) is 4.63. The van der Waals surface area contributed by atoms with E-state index in [9.17, 15) is 29.7 Å². The number of hydrogen-bond donors (Lipinski definition) is 7. The molecule has 0 saturated heterocycles. The van der Waals surface area contributed by atoms with Crippen molar-refractivity contribution < 1.29 is 29.7 Å². The Kier molecular flexibility index (Phi) is 8.28. The van der Waals surface area contributed by atoms with Crippen molar-refractivity contribution >= 4 is 17.8 Å². The van der Waals surface area contributed by atoms with Crippen molar-refractivity contribution in [3.05, 3.63) is 35.9 Å². The molecule has 0 aliphatic heterocycles. The Labute approximate surface area is 192 Å². The molecule has 0 radical (unpaired) electrons. The predicted molar refractivity (Wildman–Crippen MR) is 120 cm³/mol. The lowest BCUT2D eigenvalue weighted by Crippen LogP contribution is -2.65. The highest BCUT2D eigenvalue weighted by atomic mass is 16.3. The van der Waals surface area contributed by atoms with E-state index in [-0.39, 0.29) is 18.9 Å². The van der Waals surface area contributed by atoms with Crippen molar-refractivity contribution in [3.8, 4) is 0 Å². The van der Waals surface area contributed by atoms with Crippen molar-refractivity contribution in [2.75, 3.05) is 0 Å². The molecule has 33 heavy (non-hydrogen) atoms. The second kappa shape index (κ2) is 11.0. The molecule has 0 spiro atoms. The SMILES string of the molecule is NC(=O)[C@@H](Cc1ccccc1)NC(=O)[C@@]1(O)C[C@@H](O)[C@H](O)[C@@H](NC(=O)NC2CCCCC2)C1. The van der Waals surface area contributed by atoms with Crippen LogP contribution in [0.4, 0.5) is 4.79 Å². The summed E-state index contributed by atoms with van der Waals surface area (Å²) in [6.07, 6.45) is 1.48. The van der Waals surface area contributed by atoms with Gasteiger partial charge in [0.15, 0.2) is 0 Å². The first-order chi connectivity index (χ1) is 15.7. The Hall–Kier alpha value is -2.69. The van der Waals surface area contributed by atoms with Crippen LogP contribution >= 0.6 is 0 Å². The van der Waals surface area contributed by atoms with Crippen molar-refractivity contribution in [1.29, 1.82) is 0 Å². The molecule has 2 saturated carbocycles. The molecule has 10 nitrogen and oxygen atoms in total. The van der Waals surface area contributed by atoms with Gasteiger partial charge in [-0.1, -0.05) is 49.6 Å². The van der Waals surface area contributed by atoms with Crippen LogP contribution in [0.3, 0.4) is 0 Å². The summed E-state index contributed by atoms with van der Waals surface area (Å²) in [5.41, 5.74) is 4.11. The number of nitrogens with one attached hydrogen (secondary N) is 3. The Bertz CT molecular complexity index is 832. The molecule has 0 bridgehead atoms. The van der Waals surface area contributed by atoms with Gasteiger partial charge in [-0.25, -0.2) is 4.79 Å². The highest BCUT2D eigenvalue weighted by Crippen LogP contribution is 2.30. The van der Waals surface area contributed by atoms with Crippen molar-refractivity contribution in [1.82, 2.24) is 16.0 Å². The van der Waals surface area contributed by atoms with E-state index >= 15 is 0 Å². The van der Waals surface area contributed by atoms with Crippen LogP contribution in [0.25, 0.3) is 0 Å². The molecule has 5 atom stereocenters. The first-order valence-corrected chi connectivity index (χ1v) is 11.5. The summed E-state index contributed by atoms with van der Waals surface area (Å²) in [5.74, 6) is -1.67. The van der Waals surface area contributed by atoms with E-state index in [4.69, 9.17) is 5.73 Å². The van der Waals surface area contributed by atoms with Crippen LogP contribution in [0.1, 0.15) is 50.5 Å². The highest BCUT2D eigenvalue weighted by Gasteiger charge is 2.49. The Balaban J connectivity index is 1.64. The van der Waals surface area contributed by atoms with E-state index in [1.807, 2.05) is 6.07 Å². The predicted octanol–water partition coefficient (Wildman–Crippen LogP) is -0.554. The third-order valence-electron chi connectivity index (χ3n) is 6.52. The van der Waals surface area contributed by atoms with Gasteiger partial charge in [0.2, 0.25) is 5.91 Å². The van der Waals surface area contributed by atoms with Crippen molar-refractivity contribution in [3.63, 3.8) is 0 Å². The number of urea groups is 1. The maximum atomic E-state index is 12.9. The zero-order valence-electron chi connectivity index (χ0n) is 18.6. The van der Waals surface area contributed by atoms with Gasteiger partial charge in [0, 0.05) is 25.3 Å². The molecule has 1 aromatic carbocycles. The number of benzene rings is 1. The largest absolute Gasteiger partial charge is 0.390 e. The number of carbonyl (C=O) groups is 3. The number of aliphatic hydroxyl groups excluding tert-OH is 2. The molecule has 1 aromatic rings. The average molecular weight is 463 g/mol. The minimum Gasteiger partial charge on any atom is -0.390 e. The standard InChI is InChI=1S/C23H34N4O6/c24-20(30)16(11-14-7-3-1-4-8-14)26-21(31)23(33)12-17(19(29)18(28)13-23)27-22(32)25-15-9-5-2-6-10-15/h1,3-4,7-8,15-19,28-29,33H,2,5-6,9-13H2,(H2,24,30)(H,26,31)(H2,25,27,32)/t16-,17+,18-,19-,23+/m1/s1. The topological polar surface area (TPSA) is 174 Å². The normalized spacial score (nSPS) is 29.0. The molecule has 2 fully saturated rings. The van der Waals surface area contributed by atoms with Gasteiger partial charge < -0.3 is 37.0 Å². The number of primary amides is 1. The van der Waals surface area contributed by atoms with E-state index in [1.165, 1.54) is 0 Å². The van der Waals surface area contributed by atoms with E-state index in [0.29, 0.717) is 0 Å². The van der Waals surface area contributed by atoms with E-state index < -0.39 is 54.2 Å². The summed E-state index contributed by atoms with van der Waals surface area (Å²) >= 11 is 0. The van der Waals surface area contributed by atoms with Gasteiger partial charge in [-0.15, -0.1) is 0 Å². The molecule has 0 aromatic heterocycles. The van der Waals surface area contributed by atoms with E-state index in [2.05, 4.69) is 16.0 Å². The van der Waals surface area contributed by atoms with Crippen LogP contribution < -0.4 is 21.7 Å². The molecule has 0 unspecified atom stereocenters. The molecule has 3 rings (SSSR count). The first kappa shape index (κ1) is 24.9. The zero-order chi connectivity index (χ0) is 24.0. The van der Waals surface area contributed by atoms with Gasteiger partial charge in [-0.3, -0.25) is 9.59 Å². The maximum absolute atomic E-state index is 12.9. The fourth-order valence-electron chi connectivity index (χ4n) is 4.63. The van der Waals surface area contributed by atoms with Crippen LogP contribution in [0, 0.1) is 0 Å². The van der Waals surface area contributed by atoms with Gasteiger partial charge in [-0.2, -0.15) is 0 Å². The summed E-state index contributed by atoms with van der Waals surface area (Å²) < 4.78 is 0. The number of aliphatic hydroxyl groups is 3. The minimum absolute atomic E-state index is 0.0286. The molecular weight excluding hydrogens is 428 g/mol. The van der Waals surface area contributed by atoms with Crippen LogP contribution in [0.15, 0.2) is 30.3 Å². The van der Waals surface area contributed by atoms with Crippen molar-refractivity contribution in [2.45, 2.75) is 87.3 Å². The Morgan fingerprint density at radius 2 is 1.70 bits per heavy atom. The smallest absolute Gasteiger partial charge is 0.315 e. The van der Waals surface area contributed by atoms with E-state index in [0.717, 1.165) is 37.7 Å². The third kappa shape index (κ3) is 6.66. The molecule has 2 aliphatic carbocycles. The number of amides is 4. The second-order valence-electron chi connectivity index (χ2n) is 9.18. The molecule has 2 aliphatic rings. The van der Waals surface area contributed by atoms with Crippen LogP contribution in [-0.2, 0) is 16.0 Å². The molecule has 4 amide bonds. The van der Waals surface area contributed by atoms with Gasteiger partial charge in [-0.05, 0) is 18.4 Å². The summed E-state index contributed by atoms with van der Waals surface area (Å²) in [4.78, 5) is 37.3. The molecule has 182 valence electrons. The zero-order valence-corrected chi connectivity index (χ0v) is 18.6. The Morgan fingerprint density at radius 3 is 2.33 bits per heavy atom. The summed E-state index contributed by atoms with van der Waals surface area (Å²) in [7, 11) is 0. The molecular formula is C23H34N4O6. The van der Waals surface area contributed by atoms with Crippen molar-refractivity contribution in [2.24, 2.45) is 5.73 Å². The summed E-state index contributed by atoms with van der Waals surface area (Å²) in [5, 5.41) is 39.6. The lowest BCUT2D eigenvalue weighted by Gasteiger charge is -2.42. The number of nitrogens with two attached hydrogens (primary N) is 1. The molecule has 8 N–H and O–H groups in total. The minimum atomic E-state index is -2.11. The fraction of sp³-hybridized carbons (Fsp3) is 0.609. The van der Waals surface area contributed by atoms with E-state index in [1.54, 1.807) is 24.3 Å². The third-order valence-corrected chi connectivity index (χ3v) is 6.52. The Morgan fingerprint density at radius 1 is 1.03 bits per heavy atom. The number of hydrogen-bond acceptors (Lipinski definition) is 6. The average Bonchev–Trinajstić information content (AvgIpc) is 2.78. The van der Waals surface area contributed by atoms with Gasteiger partial charge in [0.25, 0.3) is 5.91 Å². The quantitative estimate of drug-likeness (QED) is 0.286. The van der Waals surface area contributed by atoms with Gasteiger partial charge in [0.1, 0.15) is 17.7 Å². The highest BCUT2D eigenvalue weighted by molar-refractivity contribution is 5.91.